The van der Waals surface area contributed by atoms with Gasteiger partial charge in [0, 0.05) is 36.8 Å². The summed E-state index contributed by atoms with van der Waals surface area (Å²) < 4.78 is 10.9. The lowest BCUT2D eigenvalue weighted by Crippen LogP contribution is -2.42. The Bertz CT molecular complexity index is 943. The van der Waals surface area contributed by atoms with Crippen LogP contribution in [0, 0.1) is 0 Å². The highest BCUT2D eigenvalue weighted by atomic mass is 35.5. The van der Waals surface area contributed by atoms with E-state index in [0.29, 0.717) is 49.4 Å². The number of hydrogen-bond donors (Lipinski definition) is 0. The molecule has 2 aliphatic rings. The van der Waals surface area contributed by atoms with E-state index in [9.17, 15) is 9.59 Å². The Balaban J connectivity index is 1.31. The van der Waals surface area contributed by atoms with Gasteiger partial charge in [0.1, 0.15) is 12.6 Å². The molecule has 2 fully saturated rings. The zero-order valence-corrected chi connectivity index (χ0v) is 17.3. The van der Waals surface area contributed by atoms with Crippen molar-refractivity contribution in [2.75, 3.05) is 44.7 Å². The van der Waals surface area contributed by atoms with Crippen LogP contribution in [-0.4, -0.2) is 77.6 Å². The number of halogens is 1. The van der Waals surface area contributed by atoms with E-state index >= 15 is 0 Å². The number of urea groups is 1. The van der Waals surface area contributed by atoms with E-state index in [1.54, 1.807) is 32.9 Å². The number of methoxy groups -OCH3 is 1. The van der Waals surface area contributed by atoms with E-state index in [1.165, 1.54) is 19.5 Å². The predicted octanol–water partition coefficient (Wildman–Crippen LogP) is 2.06. The quantitative estimate of drug-likeness (QED) is 0.695. The first-order valence-corrected chi connectivity index (χ1v) is 10.0. The average Bonchev–Trinajstić information content (AvgIpc) is 3.35. The minimum atomic E-state index is -0.190. The molecule has 1 atom stereocenters. The maximum Gasteiger partial charge on any atom is 0.325 e. The van der Waals surface area contributed by atoms with Crippen molar-refractivity contribution < 1.29 is 19.1 Å². The third-order valence-corrected chi connectivity index (χ3v) is 5.36. The molecular weight excluding hydrogens is 410 g/mol. The number of aromatic nitrogens is 2. The second-order valence-electron chi connectivity index (χ2n) is 7.10. The van der Waals surface area contributed by atoms with E-state index in [2.05, 4.69) is 9.97 Å². The topological polar surface area (TPSA) is 88.1 Å². The summed E-state index contributed by atoms with van der Waals surface area (Å²) in [5.74, 6) is 0.634. The Kier molecular flexibility index (Phi) is 5.89. The summed E-state index contributed by atoms with van der Waals surface area (Å²) in [4.78, 5) is 38.6. The molecule has 2 aromatic rings. The Hall–Kier alpha value is -3.07. The highest BCUT2D eigenvalue weighted by Crippen LogP contribution is 2.24. The molecule has 4 rings (SSSR count). The maximum atomic E-state index is 12.7. The lowest BCUT2D eigenvalue weighted by Gasteiger charge is -2.22. The van der Waals surface area contributed by atoms with Crippen LogP contribution in [0.3, 0.4) is 0 Å². The molecule has 0 N–H and O–H groups in total. The molecular formula is C20H22ClN5O4. The molecule has 3 heterocycles. The lowest BCUT2D eigenvalue weighted by atomic mass is 10.3. The number of anilines is 1. The van der Waals surface area contributed by atoms with Gasteiger partial charge < -0.3 is 19.3 Å². The fourth-order valence-corrected chi connectivity index (χ4v) is 3.77. The van der Waals surface area contributed by atoms with Crippen LogP contribution < -0.4 is 14.4 Å². The maximum absolute atomic E-state index is 12.7. The van der Waals surface area contributed by atoms with Crippen molar-refractivity contribution in [3.63, 3.8) is 0 Å². The first-order chi connectivity index (χ1) is 14.5. The van der Waals surface area contributed by atoms with Crippen molar-refractivity contribution >= 4 is 29.2 Å². The van der Waals surface area contributed by atoms with Crippen LogP contribution in [0.4, 0.5) is 10.5 Å². The largest absolute Gasteiger partial charge is 0.480 e. The summed E-state index contributed by atoms with van der Waals surface area (Å²) in [5.41, 5.74) is 0.733. The molecule has 3 amide bonds. The number of benzene rings is 1. The van der Waals surface area contributed by atoms with Gasteiger partial charge in [-0.15, -0.1) is 0 Å². The summed E-state index contributed by atoms with van der Waals surface area (Å²) >= 11 is 6.03. The zero-order chi connectivity index (χ0) is 21.1. The highest BCUT2D eigenvalue weighted by Gasteiger charge is 2.34. The lowest BCUT2D eigenvalue weighted by molar-refractivity contribution is -0.130. The van der Waals surface area contributed by atoms with E-state index in [1.807, 2.05) is 6.07 Å². The highest BCUT2D eigenvalue weighted by molar-refractivity contribution is 6.30. The van der Waals surface area contributed by atoms with Crippen LogP contribution in [0.2, 0.25) is 5.02 Å². The number of carbonyl (C=O) groups is 2. The first-order valence-electron chi connectivity index (χ1n) is 9.66. The molecule has 1 aromatic carbocycles. The molecule has 30 heavy (non-hydrogen) atoms. The molecule has 0 radical (unpaired) electrons. The van der Waals surface area contributed by atoms with Crippen LogP contribution >= 0.6 is 11.6 Å². The molecule has 1 unspecified atom stereocenters. The molecule has 10 heteroatoms. The van der Waals surface area contributed by atoms with Crippen LogP contribution in [0.25, 0.3) is 0 Å². The zero-order valence-electron chi connectivity index (χ0n) is 16.5. The van der Waals surface area contributed by atoms with Crippen molar-refractivity contribution in [2.45, 2.75) is 12.5 Å². The van der Waals surface area contributed by atoms with Crippen LogP contribution in [0.15, 0.2) is 36.7 Å². The average molecular weight is 432 g/mol. The number of rotatable bonds is 6. The van der Waals surface area contributed by atoms with Gasteiger partial charge >= 0.3 is 6.03 Å². The molecule has 2 saturated heterocycles. The second-order valence-corrected chi connectivity index (χ2v) is 7.54. The van der Waals surface area contributed by atoms with Gasteiger partial charge in [-0.2, -0.15) is 4.98 Å². The Morgan fingerprint density at radius 2 is 2.07 bits per heavy atom. The fraction of sp³-hybridized carbons (Fsp3) is 0.400. The number of hydrogen-bond acceptors (Lipinski definition) is 6. The van der Waals surface area contributed by atoms with E-state index in [4.69, 9.17) is 21.1 Å². The van der Waals surface area contributed by atoms with Crippen LogP contribution in [0.5, 0.6) is 11.8 Å². The normalized spacial score (nSPS) is 18.8. The summed E-state index contributed by atoms with van der Waals surface area (Å²) in [7, 11) is 1.51. The Morgan fingerprint density at radius 1 is 1.23 bits per heavy atom. The van der Waals surface area contributed by atoms with Crippen LogP contribution in [-0.2, 0) is 4.79 Å². The van der Waals surface area contributed by atoms with Gasteiger partial charge in [0.2, 0.25) is 17.7 Å². The third-order valence-electron chi connectivity index (χ3n) is 5.13. The molecule has 0 saturated carbocycles. The molecule has 0 bridgehead atoms. The molecule has 0 aliphatic carbocycles. The Labute approximate surface area is 179 Å². The SMILES string of the molecule is COc1cncc(OC2CCN(C(=O)CN3CCN(c4cccc(Cl)c4)C3=O)C2)n1. The van der Waals surface area contributed by atoms with Crippen molar-refractivity contribution in [3.8, 4) is 11.8 Å². The van der Waals surface area contributed by atoms with Crippen LogP contribution in [0.1, 0.15) is 6.42 Å². The standard InChI is InChI=1S/C20H22ClN5O4/c1-29-17-10-22-11-18(23-17)30-16-5-6-24(12-16)19(27)13-25-7-8-26(20(25)28)15-4-2-3-14(21)9-15/h2-4,9-11,16H,5-8,12-13H2,1H3. The minimum absolute atomic E-state index is 0.0432. The summed E-state index contributed by atoms with van der Waals surface area (Å²) in [6, 6.07) is 6.95. The van der Waals surface area contributed by atoms with Gasteiger partial charge in [-0.3, -0.25) is 14.7 Å². The smallest absolute Gasteiger partial charge is 0.325 e. The monoisotopic (exact) mass is 431 g/mol. The Morgan fingerprint density at radius 3 is 2.87 bits per heavy atom. The molecule has 2 aliphatic heterocycles. The molecule has 1 aromatic heterocycles. The first kappa shape index (κ1) is 20.2. The minimum Gasteiger partial charge on any atom is -0.480 e. The molecule has 0 spiro atoms. The number of likely N-dealkylation sites (tertiary alicyclic amines) is 1. The summed E-state index contributed by atoms with van der Waals surface area (Å²) in [6.07, 6.45) is 3.53. The molecule has 9 nitrogen and oxygen atoms in total. The number of amides is 3. The molecule has 158 valence electrons. The third kappa shape index (κ3) is 4.40. The predicted molar refractivity (Wildman–Crippen MR) is 110 cm³/mol. The van der Waals surface area contributed by atoms with Crippen molar-refractivity contribution in [3.05, 3.63) is 41.7 Å². The van der Waals surface area contributed by atoms with Crippen molar-refractivity contribution in [2.24, 2.45) is 0 Å². The number of ether oxygens (including phenoxy) is 2. The van der Waals surface area contributed by atoms with Crippen molar-refractivity contribution in [1.82, 2.24) is 19.8 Å². The van der Waals surface area contributed by atoms with Crippen molar-refractivity contribution in [1.29, 1.82) is 0 Å². The number of carbonyl (C=O) groups excluding carboxylic acids is 2. The van der Waals surface area contributed by atoms with Gasteiger partial charge in [-0.25, -0.2) is 4.79 Å². The van der Waals surface area contributed by atoms with Gasteiger partial charge in [0.25, 0.3) is 0 Å². The van der Waals surface area contributed by atoms with E-state index < -0.39 is 0 Å². The summed E-state index contributed by atoms with van der Waals surface area (Å²) in [6.45, 7) is 2.07. The van der Waals surface area contributed by atoms with Gasteiger partial charge in [-0.1, -0.05) is 17.7 Å². The second kappa shape index (κ2) is 8.74. The van der Waals surface area contributed by atoms with Gasteiger partial charge in [0.15, 0.2) is 0 Å². The van der Waals surface area contributed by atoms with E-state index in [0.717, 1.165) is 5.69 Å². The number of nitrogens with zero attached hydrogens (tertiary/aromatic N) is 5. The fourth-order valence-electron chi connectivity index (χ4n) is 3.58. The van der Waals surface area contributed by atoms with Gasteiger partial charge in [-0.05, 0) is 18.2 Å². The summed E-state index contributed by atoms with van der Waals surface area (Å²) in [5, 5.41) is 0.568. The van der Waals surface area contributed by atoms with E-state index in [-0.39, 0.29) is 24.6 Å². The van der Waals surface area contributed by atoms with Gasteiger partial charge in [0.05, 0.1) is 26.0 Å².